The van der Waals surface area contributed by atoms with Gasteiger partial charge in [-0.25, -0.2) is 4.79 Å². The topological polar surface area (TPSA) is 71.3 Å². The Morgan fingerprint density at radius 3 is 2.58 bits per heavy atom. The quantitative estimate of drug-likeness (QED) is 0.842. The van der Waals surface area contributed by atoms with Crippen LogP contribution in [-0.4, -0.2) is 39.6 Å². The fourth-order valence-corrected chi connectivity index (χ4v) is 2.33. The molecule has 1 aromatic rings. The molecule has 0 spiro atoms. The molecular weight excluding hydrogens is 311 g/mol. The monoisotopic (exact) mass is 324 g/mol. The van der Waals surface area contributed by atoms with Crippen LogP contribution in [0.4, 0.5) is 0 Å². The molecule has 0 aliphatic heterocycles. The zero-order valence-corrected chi connectivity index (χ0v) is 12.8. The summed E-state index contributed by atoms with van der Waals surface area (Å²) in [6, 6.07) is 0.486. The molecule has 5 nitrogen and oxygen atoms in total. The lowest BCUT2D eigenvalue weighted by Crippen LogP contribution is -2.41. The number of hydrogen-bond acceptors (Lipinski definition) is 3. The Morgan fingerprint density at radius 1 is 1.53 bits per heavy atom. The fourth-order valence-electron chi connectivity index (χ4n) is 1.49. The molecule has 0 saturated heterocycles. The predicted octanol–water partition coefficient (Wildman–Crippen LogP) is 2.27. The minimum absolute atomic E-state index is 0.227. The molecule has 0 radical (unpaired) electrons. The number of carboxylic acid groups (broad SMARTS) is 1. The van der Waals surface area contributed by atoms with Crippen molar-refractivity contribution < 1.29 is 14.7 Å². The Kier molecular flexibility index (Phi) is 6.03. The molecule has 1 aromatic heterocycles. The van der Waals surface area contributed by atoms with Crippen LogP contribution >= 0.6 is 35.0 Å². The van der Waals surface area contributed by atoms with Crippen LogP contribution in [0, 0.1) is 0 Å². The van der Waals surface area contributed by atoms with E-state index in [-0.39, 0.29) is 15.9 Å². The lowest BCUT2D eigenvalue weighted by Gasteiger charge is -2.14. The first kappa shape index (κ1) is 16.2. The number of nitrogens with one attached hydrogen (secondary N) is 1. The van der Waals surface area contributed by atoms with Gasteiger partial charge in [-0.15, -0.1) is 0 Å². The van der Waals surface area contributed by atoms with Gasteiger partial charge in [0.25, 0.3) is 5.91 Å². The fraction of sp³-hybridized carbons (Fsp3) is 0.455. The predicted molar refractivity (Wildman–Crippen MR) is 77.3 cm³/mol. The van der Waals surface area contributed by atoms with E-state index in [2.05, 4.69) is 5.32 Å². The number of halogens is 2. The molecule has 0 unspecified atom stereocenters. The molecule has 1 rings (SSSR count). The lowest BCUT2D eigenvalue weighted by atomic mass is 10.2. The number of hydrogen-bond donors (Lipinski definition) is 2. The first-order chi connectivity index (χ1) is 8.88. The molecule has 1 heterocycles. The molecule has 2 N–H and O–H groups in total. The normalized spacial score (nSPS) is 12.2. The van der Waals surface area contributed by atoms with Crippen LogP contribution in [0.3, 0.4) is 0 Å². The molecule has 106 valence electrons. The van der Waals surface area contributed by atoms with Gasteiger partial charge in [-0.05, 0) is 24.5 Å². The first-order valence-corrected chi connectivity index (χ1v) is 7.56. The van der Waals surface area contributed by atoms with Gasteiger partial charge in [-0.3, -0.25) is 4.79 Å². The third kappa shape index (κ3) is 4.06. The standard InChI is InChI=1S/C11H14Cl2N2O3S/c1-15-8(5-6(12)9(15)13)10(16)14-7(11(17)18)3-4-19-2/h5,7H,3-4H2,1-2H3,(H,14,16)(H,17,18)/t7-/m0/s1. The second-order valence-corrected chi connectivity index (χ2v) is 5.62. The van der Waals surface area contributed by atoms with E-state index in [4.69, 9.17) is 28.3 Å². The Bertz CT molecular complexity index is 491. The number of carboxylic acids is 1. The lowest BCUT2D eigenvalue weighted by molar-refractivity contribution is -0.139. The summed E-state index contributed by atoms with van der Waals surface area (Å²) in [4.78, 5) is 23.0. The number of thioether (sulfide) groups is 1. The first-order valence-electron chi connectivity index (χ1n) is 5.41. The van der Waals surface area contributed by atoms with E-state index in [0.717, 1.165) is 0 Å². The van der Waals surface area contributed by atoms with E-state index in [0.29, 0.717) is 12.2 Å². The van der Waals surface area contributed by atoms with Crippen molar-refractivity contribution >= 4 is 46.8 Å². The van der Waals surface area contributed by atoms with Crippen molar-refractivity contribution in [2.75, 3.05) is 12.0 Å². The second-order valence-electron chi connectivity index (χ2n) is 3.87. The molecule has 1 amide bonds. The summed E-state index contributed by atoms with van der Waals surface area (Å²) in [5.74, 6) is -0.926. The molecule has 0 aliphatic carbocycles. The molecule has 1 atom stereocenters. The molecule has 0 saturated carbocycles. The van der Waals surface area contributed by atoms with Gasteiger partial charge in [0.2, 0.25) is 0 Å². The minimum Gasteiger partial charge on any atom is -0.480 e. The van der Waals surface area contributed by atoms with Gasteiger partial charge < -0.3 is 15.0 Å². The van der Waals surface area contributed by atoms with Crippen molar-refractivity contribution in [3.63, 3.8) is 0 Å². The zero-order chi connectivity index (χ0) is 14.6. The van der Waals surface area contributed by atoms with Crippen molar-refractivity contribution in [3.8, 4) is 0 Å². The van der Waals surface area contributed by atoms with Crippen LogP contribution < -0.4 is 5.32 Å². The highest BCUT2D eigenvalue weighted by atomic mass is 35.5. The van der Waals surface area contributed by atoms with Gasteiger partial charge in [0.15, 0.2) is 0 Å². The molecular formula is C11H14Cl2N2O3S. The van der Waals surface area contributed by atoms with Gasteiger partial charge in [0, 0.05) is 7.05 Å². The van der Waals surface area contributed by atoms with Crippen LogP contribution in [0.2, 0.25) is 10.2 Å². The summed E-state index contributed by atoms with van der Waals surface area (Å²) < 4.78 is 1.41. The third-order valence-corrected chi connectivity index (χ3v) is 4.05. The van der Waals surface area contributed by atoms with Crippen molar-refractivity contribution in [1.29, 1.82) is 0 Å². The van der Waals surface area contributed by atoms with Gasteiger partial charge in [0.05, 0.1) is 5.02 Å². The Labute approximate surface area is 125 Å². The van der Waals surface area contributed by atoms with Crippen LogP contribution in [0.5, 0.6) is 0 Å². The number of amides is 1. The maximum absolute atomic E-state index is 12.0. The largest absolute Gasteiger partial charge is 0.480 e. The molecule has 0 aromatic carbocycles. The van der Waals surface area contributed by atoms with E-state index < -0.39 is 17.9 Å². The zero-order valence-electron chi connectivity index (χ0n) is 10.4. The maximum atomic E-state index is 12.0. The summed E-state index contributed by atoms with van der Waals surface area (Å²) in [5, 5.41) is 12.0. The van der Waals surface area contributed by atoms with E-state index in [1.807, 2.05) is 6.26 Å². The highest BCUT2D eigenvalue weighted by molar-refractivity contribution is 7.98. The highest BCUT2D eigenvalue weighted by Crippen LogP contribution is 2.25. The number of aliphatic carboxylic acids is 1. The van der Waals surface area contributed by atoms with E-state index in [1.54, 1.807) is 7.05 Å². The highest BCUT2D eigenvalue weighted by Gasteiger charge is 2.23. The SMILES string of the molecule is CSCC[C@H](NC(=O)c1cc(Cl)c(Cl)n1C)C(=O)O. The Hall–Kier alpha value is -0.850. The average Bonchev–Trinajstić information content (AvgIpc) is 2.61. The van der Waals surface area contributed by atoms with E-state index in [9.17, 15) is 9.59 Å². The number of carbonyl (C=O) groups is 2. The van der Waals surface area contributed by atoms with Gasteiger partial charge >= 0.3 is 5.97 Å². The molecule has 0 bridgehead atoms. The average molecular weight is 325 g/mol. The van der Waals surface area contributed by atoms with E-state index in [1.165, 1.54) is 22.4 Å². The summed E-state index contributed by atoms with van der Waals surface area (Å²) in [6.45, 7) is 0. The Morgan fingerprint density at radius 2 is 2.16 bits per heavy atom. The molecule has 19 heavy (non-hydrogen) atoms. The molecule has 0 aliphatic rings. The number of rotatable bonds is 6. The van der Waals surface area contributed by atoms with Crippen LogP contribution in [0.1, 0.15) is 16.9 Å². The van der Waals surface area contributed by atoms with Gasteiger partial charge in [0.1, 0.15) is 16.9 Å². The summed E-state index contributed by atoms with van der Waals surface area (Å²) >= 11 is 13.2. The number of carbonyl (C=O) groups excluding carboxylic acids is 1. The summed E-state index contributed by atoms with van der Waals surface area (Å²) in [7, 11) is 1.58. The minimum atomic E-state index is -1.06. The van der Waals surface area contributed by atoms with Gasteiger partial charge in [-0.2, -0.15) is 11.8 Å². The van der Waals surface area contributed by atoms with Crippen molar-refractivity contribution in [1.82, 2.24) is 9.88 Å². The van der Waals surface area contributed by atoms with E-state index >= 15 is 0 Å². The van der Waals surface area contributed by atoms with Crippen LogP contribution in [0.15, 0.2) is 6.07 Å². The maximum Gasteiger partial charge on any atom is 0.326 e. The molecule has 8 heteroatoms. The number of nitrogens with zero attached hydrogens (tertiary/aromatic N) is 1. The van der Waals surface area contributed by atoms with Crippen LogP contribution in [-0.2, 0) is 11.8 Å². The summed E-state index contributed by atoms with van der Waals surface area (Å²) in [6.07, 6.45) is 2.23. The molecule has 0 fully saturated rings. The van der Waals surface area contributed by atoms with Crippen molar-refractivity contribution in [2.45, 2.75) is 12.5 Å². The van der Waals surface area contributed by atoms with Crippen LogP contribution in [0.25, 0.3) is 0 Å². The van der Waals surface area contributed by atoms with Crippen molar-refractivity contribution in [2.24, 2.45) is 7.05 Å². The van der Waals surface area contributed by atoms with Gasteiger partial charge in [-0.1, -0.05) is 23.2 Å². The van der Waals surface area contributed by atoms with Crippen molar-refractivity contribution in [3.05, 3.63) is 21.9 Å². The number of aromatic nitrogens is 1. The second kappa shape index (κ2) is 7.07. The Balaban J connectivity index is 2.81. The smallest absolute Gasteiger partial charge is 0.326 e. The summed E-state index contributed by atoms with van der Waals surface area (Å²) in [5.41, 5.74) is 0.227. The third-order valence-electron chi connectivity index (χ3n) is 2.56.